The normalized spacial score (nSPS) is 10.9. The fourth-order valence-corrected chi connectivity index (χ4v) is 2.96. The molecule has 2 aromatic rings. The third-order valence-corrected chi connectivity index (χ3v) is 4.41. The molecule has 0 saturated heterocycles. The van der Waals surface area contributed by atoms with Gasteiger partial charge in [-0.2, -0.15) is 0 Å². The van der Waals surface area contributed by atoms with Gasteiger partial charge in [-0.25, -0.2) is 0 Å². The van der Waals surface area contributed by atoms with Gasteiger partial charge in [-0.1, -0.05) is 56.0 Å². The van der Waals surface area contributed by atoms with Crippen LogP contribution in [-0.2, 0) is 6.54 Å². The highest BCUT2D eigenvalue weighted by molar-refractivity contribution is 7.99. The molecule has 0 N–H and O–H groups in total. The van der Waals surface area contributed by atoms with E-state index in [2.05, 4.69) is 30.6 Å². The Morgan fingerprint density at radius 1 is 1.32 bits per heavy atom. The smallest absolute Gasteiger partial charge is 0.191 e. The maximum atomic E-state index is 12.3. The Balaban J connectivity index is 2.02. The van der Waals surface area contributed by atoms with Crippen molar-refractivity contribution in [2.24, 2.45) is 0 Å². The molecular weight excluding hydrogens is 294 g/mol. The predicted octanol–water partition coefficient (Wildman–Crippen LogP) is 3.87. The Hall–Kier alpha value is -1.88. The van der Waals surface area contributed by atoms with E-state index in [1.165, 1.54) is 17.3 Å². The Morgan fingerprint density at radius 2 is 2.00 bits per heavy atom. The number of aryl methyl sites for hydroxylation is 1. The van der Waals surface area contributed by atoms with Crippen LogP contribution in [0.25, 0.3) is 0 Å². The number of hydrogen-bond donors (Lipinski definition) is 0. The summed E-state index contributed by atoms with van der Waals surface area (Å²) in [5.41, 5.74) is 1.98. The van der Waals surface area contributed by atoms with E-state index < -0.39 is 0 Å². The number of allylic oxidation sites excluding steroid dienone is 1. The van der Waals surface area contributed by atoms with Crippen LogP contribution < -0.4 is 0 Å². The molecule has 0 bridgehead atoms. The second kappa shape index (κ2) is 7.40. The number of carbonyl (C=O) groups excluding carboxylic acids is 1. The lowest BCUT2D eigenvalue weighted by Gasteiger charge is -2.07. The van der Waals surface area contributed by atoms with Crippen LogP contribution in [-0.4, -0.2) is 26.3 Å². The molecule has 1 aromatic carbocycles. The molecule has 4 nitrogen and oxygen atoms in total. The van der Waals surface area contributed by atoms with E-state index >= 15 is 0 Å². The first kappa shape index (κ1) is 16.5. The van der Waals surface area contributed by atoms with E-state index in [4.69, 9.17) is 0 Å². The van der Waals surface area contributed by atoms with Crippen LogP contribution in [0.2, 0.25) is 0 Å². The highest BCUT2D eigenvalue weighted by atomic mass is 32.2. The SMILES string of the molecule is C=CCn1c(C)nnc1SCC(=O)c1ccc(C(C)C)cc1. The van der Waals surface area contributed by atoms with Crippen molar-refractivity contribution in [1.82, 2.24) is 14.8 Å². The summed E-state index contributed by atoms with van der Waals surface area (Å²) in [6, 6.07) is 7.84. The van der Waals surface area contributed by atoms with E-state index in [0.29, 0.717) is 18.2 Å². The van der Waals surface area contributed by atoms with Crippen LogP contribution in [0.5, 0.6) is 0 Å². The molecule has 0 aliphatic carbocycles. The fourth-order valence-electron chi connectivity index (χ4n) is 2.07. The van der Waals surface area contributed by atoms with E-state index in [1.807, 2.05) is 35.8 Å². The number of Topliss-reactive ketones (excluding diaryl/α,β-unsaturated/α-hetero) is 1. The molecule has 1 heterocycles. The molecule has 22 heavy (non-hydrogen) atoms. The van der Waals surface area contributed by atoms with Crippen molar-refractivity contribution in [2.75, 3.05) is 5.75 Å². The van der Waals surface area contributed by atoms with E-state index in [-0.39, 0.29) is 5.78 Å². The van der Waals surface area contributed by atoms with Gasteiger partial charge in [-0.3, -0.25) is 4.79 Å². The lowest BCUT2D eigenvalue weighted by Crippen LogP contribution is -2.05. The van der Waals surface area contributed by atoms with Crippen LogP contribution in [0.1, 0.15) is 41.5 Å². The summed E-state index contributed by atoms with van der Waals surface area (Å²) in [6.45, 7) is 10.6. The number of nitrogens with zero attached hydrogens (tertiary/aromatic N) is 3. The zero-order valence-electron chi connectivity index (χ0n) is 13.2. The van der Waals surface area contributed by atoms with E-state index in [0.717, 1.165) is 16.5 Å². The summed E-state index contributed by atoms with van der Waals surface area (Å²) in [4.78, 5) is 12.3. The van der Waals surface area contributed by atoms with Crippen molar-refractivity contribution in [3.63, 3.8) is 0 Å². The summed E-state index contributed by atoms with van der Waals surface area (Å²) in [5, 5.41) is 8.92. The van der Waals surface area contributed by atoms with Gasteiger partial charge in [0.15, 0.2) is 10.9 Å². The van der Waals surface area contributed by atoms with Crippen LogP contribution in [0.4, 0.5) is 0 Å². The molecule has 0 amide bonds. The average Bonchev–Trinajstić information content (AvgIpc) is 2.86. The zero-order valence-corrected chi connectivity index (χ0v) is 14.1. The molecule has 0 radical (unpaired) electrons. The third-order valence-electron chi connectivity index (χ3n) is 3.45. The topological polar surface area (TPSA) is 47.8 Å². The fraction of sp³-hybridized carbons (Fsp3) is 0.353. The highest BCUT2D eigenvalue weighted by Gasteiger charge is 2.12. The Kier molecular flexibility index (Phi) is 5.55. The molecule has 0 saturated carbocycles. The van der Waals surface area contributed by atoms with Crippen molar-refractivity contribution in [3.8, 4) is 0 Å². The van der Waals surface area contributed by atoms with Crippen molar-refractivity contribution in [1.29, 1.82) is 0 Å². The second-order valence-electron chi connectivity index (χ2n) is 5.42. The quantitative estimate of drug-likeness (QED) is 0.442. The molecule has 0 aliphatic heterocycles. The van der Waals surface area contributed by atoms with Gasteiger partial charge in [0.1, 0.15) is 5.82 Å². The number of carbonyl (C=O) groups is 1. The van der Waals surface area contributed by atoms with Crippen LogP contribution >= 0.6 is 11.8 Å². The Bertz CT molecular complexity index is 659. The molecule has 0 unspecified atom stereocenters. The molecular formula is C17H21N3OS. The van der Waals surface area contributed by atoms with Crippen LogP contribution in [0.3, 0.4) is 0 Å². The largest absolute Gasteiger partial charge is 0.302 e. The molecule has 0 atom stereocenters. The molecule has 0 fully saturated rings. The highest BCUT2D eigenvalue weighted by Crippen LogP contribution is 2.20. The van der Waals surface area contributed by atoms with Gasteiger partial charge in [0.25, 0.3) is 0 Å². The first-order valence-corrected chi connectivity index (χ1v) is 8.28. The van der Waals surface area contributed by atoms with E-state index in [9.17, 15) is 4.79 Å². The van der Waals surface area contributed by atoms with E-state index in [1.54, 1.807) is 6.08 Å². The van der Waals surface area contributed by atoms with Gasteiger partial charge in [-0.15, -0.1) is 16.8 Å². The molecule has 5 heteroatoms. The minimum absolute atomic E-state index is 0.103. The zero-order chi connectivity index (χ0) is 16.1. The second-order valence-corrected chi connectivity index (χ2v) is 6.36. The van der Waals surface area contributed by atoms with Gasteiger partial charge in [0.05, 0.1) is 5.75 Å². The number of benzene rings is 1. The van der Waals surface area contributed by atoms with Crippen LogP contribution in [0, 0.1) is 6.92 Å². The van der Waals surface area contributed by atoms with Gasteiger partial charge < -0.3 is 4.57 Å². The maximum absolute atomic E-state index is 12.3. The average molecular weight is 315 g/mol. The summed E-state index contributed by atoms with van der Waals surface area (Å²) in [7, 11) is 0. The summed E-state index contributed by atoms with van der Waals surface area (Å²) >= 11 is 1.41. The Morgan fingerprint density at radius 3 is 2.59 bits per heavy atom. The van der Waals surface area contributed by atoms with Crippen molar-refractivity contribution in [3.05, 3.63) is 53.9 Å². The maximum Gasteiger partial charge on any atom is 0.191 e. The van der Waals surface area contributed by atoms with Gasteiger partial charge in [0, 0.05) is 12.1 Å². The van der Waals surface area contributed by atoms with Crippen molar-refractivity contribution in [2.45, 2.75) is 38.4 Å². The molecule has 0 spiro atoms. The molecule has 2 rings (SSSR count). The van der Waals surface area contributed by atoms with Gasteiger partial charge in [-0.05, 0) is 18.4 Å². The number of thioether (sulfide) groups is 1. The third kappa shape index (κ3) is 3.85. The lowest BCUT2D eigenvalue weighted by atomic mass is 10.0. The standard InChI is InChI=1S/C17H21N3OS/c1-5-10-20-13(4)18-19-17(20)22-11-16(21)15-8-6-14(7-9-15)12(2)3/h5-9,12H,1,10-11H2,2-4H3. The molecule has 1 aromatic heterocycles. The number of ketones is 1. The first-order valence-electron chi connectivity index (χ1n) is 7.29. The number of aromatic nitrogens is 3. The number of rotatable bonds is 7. The van der Waals surface area contributed by atoms with Crippen molar-refractivity contribution < 1.29 is 4.79 Å². The van der Waals surface area contributed by atoms with Gasteiger partial charge in [0.2, 0.25) is 0 Å². The summed E-state index contributed by atoms with van der Waals surface area (Å²) < 4.78 is 1.95. The first-order chi connectivity index (χ1) is 10.5. The summed E-state index contributed by atoms with van der Waals surface area (Å²) in [6.07, 6.45) is 1.80. The number of hydrogen-bond acceptors (Lipinski definition) is 4. The summed E-state index contributed by atoms with van der Waals surface area (Å²) in [5.74, 6) is 1.76. The lowest BCUT2D eigenvalue weighted by molar-refractivity contribution is 0.102. The minimum Gasteiger partial charge on any atom is -0.302 e. The molecule has 0 aliphatic rings. The van der Waals surface area contributed by atoms with Gasteiger partial charge >= 0.3 is 0 Å². The minimum atomic E-state index is 0.103. The molecule has 116 valence electrons. The monoisotopic (exact) mass is 315 g/mol. The Labute approximate surface area is 135 Å². The predicted molar refractivity (Wildman–Crippen MR) is 90.5 cm³/mol. The van der Waals surface area contributed by atoms with Crippen molar-refractivity contribution >= 4 is 17.5 Å². The van der Waals surface area contributed by atoms with Crippen LogP contribution in [0.15, 0.2) is 42.1 Å².